The van der Waals surface area contributed by atoms with E-state index in [1.165, 1.54) is 0 Å². The predicted octanol–water partition coefficient (Wildman–Crippen LogP) is -1.26. The van der Waals surface area contributed by atoms with Crippen LogP contribution in [0.5, 0.6) is 0 Å². The molecule has 0 aliphatic rings. The van der Waals surface area contributed by atoms with E-state index >= 15 is 0 Å². The SMILES string of the molecule is CCC(C)C(NC(=O)C(CCCN=C(N)N)NC(=O)C(N)CCCCN)C(=O)NC(C(=O)O)C(C)C. The topological polar surface area (TPSA) is 241 Å². The molecular formula is C23H46N8O5. The Balaban J connectivity index is 5.60. The van der Waals surface area contributed by atoms with Crippen LogP contribution in [-0.4, -0.2) is 72.0 Å². The molecule has 0 aliphatic heterocycles. The first-order valence-electron chi connectivity index (χ1n) is 12.5. The van der Waals surface area contributed by atoms with Crippen molar-refractivity contribution in [1.29, 1.82) is 0 Å². The molecule has 0 fully saturated rings. The Bertz CT molecular complexity index is 742. The van der Waals surface area contributed by atoms with Crippen LogP contribution in [-0.2, 0) is 19.2 Å². The maximum atomic E-state index is 13.2. The highest BCUT2D eigenvalue weighted by Gasteiger charge is 2.33. The number of nitrogens with zero attached hydrogens (tertiary/aromatic N) is 1. The van der Waals surface area contributed by atoms with E-state index in [1.807, 2.05) is 6.92 Å². The number of hydrogen-bond acceptors (Lipinski definition) is 7. The van der Waals surface area contributed by atoms with Gasteiger partial charge in [0, 0.05) is 6.54 Å². The lowest BCUT2D eigenvalue weighted by molar-refractivity contribution is -0.144. The summed E-state index contributed by atoms with van der Waals surface area (Å²) in [4.78, 5) is 54.3. The van der Waals surface area contributed by atoms with Crippen LogP contribution in [0.1, 0.15) is 66.2 Å². The van der Waals surface area contributed by atoms with Crippen molar-refractivity contribution in [2.75, 3.05) is 13.1 Å². The third-order valence-electron chi connectivity index (χ3n) is 5.91. The smallest absolute Gasteiger partial charge is 0.326 e. The molecule has 0 radical (unpaired) electrons. The molecule has 208 valence electrons. The number of unbranched alkanes of at least 4 members (excludes halogenated alkanes) is 1. The van der Waals surface area contributed by atoms with Crippen molar-refractivity contribution in [1.82, 2.24) is 16.0 Å². The van der Waals surface area contributed by atoms with Crippen molar-refractivity contribution in [3.63, 3.8) is 0 Å². The van der Waals surface area contributed by atoms with Gasteiger partial charge >= 0.3 is 5.97 Å². The second-order valence-corrected chi connectivity index (χ2v) is 9.34. The molecular weight excluding hydrogens is 468 g/mol. The number of carboxylic acids is 1. The highest BCUT2D eigenvalue weighted by molar-refractivity contribution is 5.94. The second-order valence-electron chi connectivity index (χ2n) is 9.34. The molecule has 0 bridgehead atoms. The van der Waals surface area contributed by atoms with Crippen LogP contribution in [0.3, 0.4) is 0 Å². The summed E-state index contributed by atoms with van der Waals surface area (Å²) in [5.41, 5.74) is 22.1. The van der Waals surface area contributed by atoms with E-state index in [1.54, 1.807) is 20.8 Å². The minimum atomic E-state index is -1.17. The Hall–Kier alpha value is -2.93. The monoisotopic (exact) mass is 514 g/mol. The Morgan fingerprint density at radius 3 is 1.97 bits per heavy atom. The molecule has 36 heavy (non-hydrogen) atoms. The summed E-state index contributed by atoms with van der Waals surface area (Å²) in [6.07, 6.45) is 2.93. The summed E-state index contributed by atoms with van der Waals surface area (Å²) in [6.45, 7) is 7.71. The quantitative estimate of drug-likeness (QED) is 0.0617. The van der Waals surface area contributed by atoms with Gasteiger partial charge in [0.25, 0.3) is 0 Å². The van der Waals surface area contributed by atoms with E-state index in [0.717, 1.165) is 6.42 Å². The van der Waals surface area contributed by atoms with Gasteiger partial charge in [0.05, 0.1) is 6.04 Å². The van der Waals surface area contributed by atoms with Crippen LogP contribution < -0.4 is 38.9 Å². The molecule has 3 amide bonds. The van der Waals surface area contributed by atoms with Crippen molar-refractivity contribution in [3.8, 4) is 0 Å². The molecule has 5 unspecified atom stereocenters. The van der Waals surface area contributed by atoms with Crippen LogP contribution in [0.15, 0.2) is 4.99 Å². The fraction of sp³-hybridized carbons (Fsp3) is 0.783. The maximum Gasteiger partial charge on any atom is 0.326 e. The highest BCUT2D eigenvalue weighted by atomic mass is 16.4. The number of guanidine groups is 1. The third-order valence-corrected chi connectivity index (χ3v) is 5.91. The fourth-order valence-electron chi connectivity index (χ4n) is 3.40. The number of carboxylic acid groups (broad SMARTS) is 1. The minimum absolute atomic E-state index is 0.0893. The normalized spacial score (nSPS) is 15.2. The first-order chi connectivity index (χ1) is 16.8. The molecule has 0 aromatic heterocycles. The third kappa shape index (κ3) is 12.7. The van der Waals surface area contributed by atoms with Crippen LogP contribution in [0.4, 0.5) is 0 Å². The Morgan fingerprint density at radius 2 is 1.47 bits per heavy atom. The zero-order valence-corrected chi connectivity index (χ0v) is 22.0. The molecule has 0 heterocycles. The van der Waals surface area contributed by atoms with Gasteiger partial charge in [0.2, 0.25) is 17.7 Å². The number of nitrogens with two attached hydrogens (primary N) is 4. The molecule has 13 nitrogen and oxygen atoms in total. The first kappa shape index (κ1) is 33.1. The van der Waals surface area contributed by atoms with Crippen molar-refractivity contribution < 1.29 is 24.3 Å². The number of carbonyl (C=O) groups excluding carboxylic acids is 3. The van der Waals surface area contributed by atoms with E-state index in [-0.39, 0.29) is 30.8 Å². The van der Waals surface area contributed by atoms with E-state index in [9.17, 15) is 24.3 Å². The summed E-state index contributed by atoms with van der Waals surface area (Å²) >= 11 is 0. The molecule has 12 N–H and O–H groups in total. The minimum Gasteiger partial charge on any atom is -0.480 e. The van der Waals surface area contributed by atoms with Gasteiger partial charge in [0.1, 0.15) is 18.1 Å². The van der Waals surface area contributed by atoms with Gasteiger partial charge in [-0.25, -0.2) is 4.79 Å². The predicted molar refractivity (Wildman–Crippen MR) is 139 cm³/mol. The molecule has 0 aromatic rings. The van der Waals surface area contributed by atoms with Gasteiger partial charge < -0.3 is 44.0 Å². The maximum absolute atomic E-state index is 13.2. The summed E-state index contributed by atoms with van der Waals surface area (Å²) in [6, 6.07) is -3.92. The lowest BCUT2D eigenvalue weighted by Gasteiger charge is -2.28. The number of aliphatic imine (C=N–C) groups is 1. The average Bonchev–Trinajstić information content (AvgIpc) is 2.81. The zero-order chi connectivity index (χ0) is 27.8. The van der Waals surface area contributed by atoms with Gasteiger partial charge in [0.15, 0.2) is 5.96 Å². The number of hydrogen-bond donors (Lipinski definition) is 8. The number of aliphatic carboxylic acids is 1. The molecule has 0 saturated carbocycles. The molecule has 5 atom stereocenters. The zero-order valence-electron chi connectivity index (χ0n) is 22.0. The Kier molecular flexibility index (Phi) is 16.1. The lowest BCUT2D eigenvalue weighted by Crippen LogP contribution is -2.59. The molecule has 0 aliphatic carbocycles. The van der Waals surface area contributed by atoms with Crippen LogP contribution >= 0.6 is 0 Å². The van der Waals surface area contributed by atoms with E-state index < -0.39 is 47.9 Å². The molecule has 13 heteroatoms. The van der Waals surface area contributed by atoms with Gasteiger partial charge in [-0.05, 0) is 44.1 Å². The largest absolute Gasteiger partial charge is 0.480 e. The van der Waals surface area contributed by atoms with Crippen LogP contribution in [0, 0.1) is 11.8 Å². The number of carbonyl (C=O) groups is 4. The average molecular weight is 515 g/mol. The summed E-state index contributed by atoms with van der Waals surface area (Å²) in [5, 5.41) is 17.3. The molecule has 0 rings (SSSR count). The molecule has 0 spiro atoms. The van der Waals surface area contributed by atoms with E-state index in [0.29, 0.717) is 32.2 Å². The summed E-state index contributed by atoms with van der Waals surface area (Å²) in [7, 11) is 0. The van der Waals surface area contributed by atoms with Crippen molar-refractivity contribution in [2.45, 2.75) is 90.4 Å². The van der Waals surface area contributed by atoms with Crippen molar-refractivity contribution in [2.24, 2.45) is 39.8 Å². The first-order valence-corrected chi connectivity index (χ1v) is 12.5. The van der Waals surface area contributed by atoms with Gasteiger partial charge in [-0.1, -0.05) is 40.5 Å². The number of amides is 3. The Morgan fingerprint density at radius 1 is 0.861 bits per heavy atom. The highest BCUT2D eigenvalue weighted by Crippen LogP contribution is 2.12. The second kappa shape index (κ2) is 17.5. The fourth-order valence-corrected chi connectivity index (χ4v) is 3.40. The van der Waals surface area contributed by atoms with E-state index in [2.05, 4.69) is 20.9 Å². The summed E-state index contributed by atoms with van der Waals surface area (Å²) in [5.74, 6) is -3.60. The summed E-state index contributed by atoms with van der Waals surface area (Å²) < 4.78 is 0. The standard InChI is InChI=1S/C23H46N8O5/c1-5-14(4)18(21(34)30-17(13(2)3)22(35)36)31-20(33)16(10-8-12-28-23(26)27)29-19(32)15(25)9-6-7-11-24/h13-18H,5-12,24-25H2,1-4H3,(H,29,32)(H,30,34)(H,31,33)(H,35,36)(H4,26,27,28). The van der Waals surface area contributed by atoms with Crippen molar-refractivity contribution in [3.05, 3.63) is 0 Å². The molecule has 0 saturated heterocycles. The van der Waals surface area contributed by atoms with Gasteiger partial charge in [-0.15, -0.1) is 0 Å². The van der Waals surface area contributed by atoms with Crippen LogP contribution in [0.25, 0.3) is 0 Å². The van der Waals surface area contributed by atoms with Gasteiger partial charge in [-0.3, -0.25) is 19.4 Å². The number of rotatable bonds is 18. The number of nitrogens with one attached hydrogen (secondary N) is 3. The van der Waals surface area contributed by atoms with Crippen LogP contribution in [0.2, 0.25) is 0 Å². The van der Waals surface area contributed by atoms with E-state index in [4.69, 9.17) is 22.9 Å². The van der Waals surface area contributed by atoms with Gasteiger partial charge in [-0.2, -0.15) is 0 Å². The Labute approximate surface area is 213 Å². The lowest BCUT2D eigenvalue weighted by atomic mass is 9.96. The van der Waals surface area contributed by atoms with Crippen molar-refractivity contribution >= 4 is 29.7 Å². The molecule has 0 aromatic carbocycles.